The first-order valence-corrected chi connectivity index (χ1v) is 6.48. The maximum Gasteiger partial charge on any atom is 0.165 e. The zero-order valence-electron chi connectivity index (χ0n) is 10.4. The van der Waals surface area contributed by atoms with Gasteiger partial charge in [-0.15, -0.1) is 11.6 Å². The second-order valence-electron chi connectivity index (χ2n) is 4.35. The van der Waals surface area contributed by atoms with Crippen LogP contribution in [0, 0.1) is 5.82 Å². The van der Waals surface area contributed by atoms with Gasteiger partial charge in [-0.05, 0) is 17.7 Å². The van der Waals surface area contributed by atoms with Crippen molar-refractivity contribution in [3.05, 3.63) is 29.6 Å². The molecule has 1 unspecified atom stereocenters. The monoisotopic (exact) mass is 273 g/mol. The van der Waals surface area contributed by atoms with Crippen LogP contribution in [0.15, 0.2) is 18.2 Å². The van der Waals surface area contributed by atoms with Crippen LogP contribution in [-0.2, 0) is 11.3 Å². The molecule has 0 aliphatic carbocycles. The number of hydrogen-bond donors (Lipinski definition) is 0. The van der Waals surface area contributed by atoms with Gasteiger partial charge in [-0.1, -0.05) is 6.07 Å². The van der Waals surface area contributed by atoms with Crippen molar-refractivity contribution in [1.82, 2.24) is 4.90 Å². The lowest BCUT2D eigenvalue weighted by Crippen LogP contribution is -2.42. The predicted octanol–water partition coefficient (Wildman–Crippen LogP) is 2.27. The van der Waals surface area contributed by atoms with E-state index < -0.39 is 0 Å². The molecule has 0 N–H and O–H groups in total. The van der Waals surface area contributed by atoms with Gasteiger partial charge in [0.2, 0.25) is 0 Å². The molecule has 1 heterocycles. The van der Waals surface area contributed by atoms with Gasteiger partial charge in [0.15, 0.2) is 11.6 Å². The minimum absolute atomic E-state index is 0.0727. The fourth-order valence-electron chi connectivity index (χ4n) is 2.08. The van der Waals surface area contributed by atoms with Gasteiger partial charge in [0, 0.05) is 25.5 Å². The van der Waals surface area contributed by atoms with E-state index in [2.05, 4.69) is 4.90 Å². The Kier molecular flexibility index (Phi) is 4.80. The fraction of sp³-hybridized carbons (Fsp3) is 0.538. The Morgan fingerprint density at radius 1 is 1.56 bits per heavy atom. The van der Waals surface area contributed by atoms with Gasteiger partial charge in [-0.25, -0.2) is 4.39 Å². The van der Waals surface area contributed by atoms with Crippen LogP contribution < -0.4 is 4.74 Å². The Labute approximate surface area is 111 Å². The third-order valence-corrected chi connectivity index (χ3v) is 3.36. The van der Waals surface area contributed by atoms with Gasteiger partial charge < -0.3 is 9.47 Å². The maximum atomic E-state index is 13.6. The molecule has 2 rings (SSSR count). The molecule has 1 aromatic carbocycles. The maximum absolute atomic E-state index is 13.6. The van der Waals surface area contributed by atoms with Crippen molar-refractivity contribution in [3.8, 4) is 5.75 Å². The molecule has 18 heavy (non-hydrogen) atoms. The van der Waals surface area contributed by atoms with Gasteiger partial charge in [0.1, 0.15) is 0 Å². The first-order chi connectivity index (χ1) is 8.72. The second-order valence-corrected chi connectivity index (χ2v) is 4.66. The first-order valence-electron chi connectivity index (χ1n) is 5.95. The molecule has 1 aliphatic rings. The Bertz CT molecular complexity index is 403. The fourth-order valence-corrected chi connectivity index (χ4v) is 2.27. The van der Waals surface area contributed by atoms with Crippen LogP contribution in [0.1, 0.15) is 5.56 Å². The van der Waals surface area contributed by atoms with Crippen LogP contribution in [0.3, 0.4) is 0 Å². The molecule has 100 valence electrons. The SMILES string of the molecule is COc1ccc(CN2CCOC(CCl)C2)cc1F. The Balaban J connectivity index is 1.98. The quantitative estimate of drug-likeness (QED) is 0.786. The number of halogens is 2. The van der Waals surface area contributed by atoms with Gasteiger partial charge in [0.05, 0.1) is 19.8 Å². The molecule has 1 atom stereocenters. The molecule has 1 aromatic rings. The molecular weight excluding hydrogens is 257 g/mol. The molecule has 0 spiro atoms. The average Bonchev–Trinajstić information content (AvgIpc) is 2.39. The van der Waals surface area contributed by atoms with Gasteiger partial charge in [-0.2, -0.15) is 0 Å². The van der Waals surface area contributed by atoms with Gasteiger partial charge in [0.25, 0.3) is 0 Å². The van der Waals surface area contributed by atoms with E-state index in [1.807, 2.05) is 6.07 Å². The van der Waals surface area contributed by atoms with E-state index >= 15 is 0 Å². The molecule has 0 aromatic heterocycles. The van der Waals surface area contributed by atoms with Crippen LogP contribution in [0.4, 0.5) is 4.39 Å². The van der Waals surface area contributed by atoms with E-state index in [1.165, 1.54) is 13.2 Å². The molecule has 1 aliphatic heterocycles. The summed E-state index contributed by atoms with van der Waals surface area (Å²) in [6.45, 7) is 3.02. The van der Waals surface area contributed by atoms with E-state index in [1.54, 1.807) is 6.07 Å². The highest BCUT2D eigenvalue weighted by Crippen LogP contribution is 2.19. The average molecular weight is 274 g/mol. The highest BCUT2D eigenvalue weighted by atomic mass is 35.5. The number of benzene rings is 1. The van der Waals surface area contributed by atoms with Crippen molar-refractivity contribution in [3.63, 3.8) is 0 Å². The summed E-state index contributed by atoms with van der Waals surface area (Å²) in [7, 11) is 1.46. The van der Waals surface area contributed by atoms with E-state index in [0.717, 1.165) is 18.7 Å². The molecule has 0 radical (unpaired) electrons. The van der Waals surface area contributed by atoms with Gasteiger partial charge in [-0.3, -0.25) is 4.90 Å². The van der Waals surface area contributed by atoms with Crippen LogP contribution in [0.2, 0.25) is 0 Å². The Morgan fingerprint density at radius 3 is 3.06 bits per heavy atom. The molecular formula is C13H17ClFNO2. The lowest BCUT2D eigenvalue weighted by atomic mass is 10.1. The van der Waals surface area contributed by atoms with Crippen molar-refractivity contribution in [2.24, 2.45) is 0 Å². The smallest absolute Gasteiger partial charge is 0.165 e. The van der Waals surface area contributed by atoms with E-state index in [0.29, 0.717) is 19.0 Å². The third-order valence-electron chi connectivity index (χ3n) is 3.02. The number of nitrogens with zero attached hydrogens (tertiary/aromatic N) is 1. The number of hydrogen-bond acceptors (Lipinski definition) is 3. The standard InChI is InChI=1S/C13H17ClFNO2/c1-17-13-3-2-10(6-12(13)15)8-16-4-5-18-11(7-14)9-16/h2-3,6,11H,4-5,7-9H2,1H3. The number of ether oxygens (including phenoxy) is 2. The lowest BCUT2D eigenvalue weighted by Gasteiger charge is -2.32. The van der Waals surface area contributed by atoms with Crippen LogP contribution >= 0.6 is 11.6 Å². The summed E-state index contributed by atoms with van der Waals surface area (Å²) in [6.07, 6.45) is 0.0727. The summed E-state index contributed by atoms with van der Waals surface area (Å²) in [5.74, 6) is 0.449. The minimum atomic E-state index is -0.322. The van der Waals surface area contributed by atoms with Crippen molar-refractivity contribution >= 4 is 11.6 Å². The first kappa shape index (κ1) is 13.6. The summed E-state index contributed by atoms with van der Waals surface area (Å²) < 4.78 is 23.9. The number of morpholine rings is 1. The molecule has 1 fully saturated rings. The highest BCUT2D eigenvalue weighted by Gasteiger charge is 2.19. The lowest BCUT2D eigenvalue weighted by molar-refractivity contribution is -0.0194. The van der Waals surface area contributed by atoms with Crippen LogP contribution in [0.5, 0.6) is 5.75 Å². The van der Waals surface area contributed by atoms with E-state index in [9.17, 15) is 4.39 Å². The molecule has 5 heteroatoms. The van der Waals surface area contributed by atoms with Crippen molar-refractivity contribution < 1.29 is 13.9 Å². The number of methoxy groups -OCH3 is 1. The largest absolute Gasteiger partial charge is 0.494 e. The van der Waals surface area contributed by atoms with Crippen LogP contribution in [-0.4, -0.2) is 43.7 Å². The zero-order valence-corrected chi connectivity index (χ0v) is 11.1. The topological polar surface area (TPSA) is 21.7 Å². The predicted molar refractivity (Wildman–Crippen MR) is 68.7 cm³/mol. The molecule has 0 amide bonds. The Morgan fingerprint density at radius 2 is 2.39 bits per heavy atom. The Hall–Kier alpha value is -0.840. The summed E-state index contributed by atoms with van der Waals surface area (Å²) in [5.41, 5.74) is 0.934. The summed E-state index contributed by atoms with van der Waals surface area (Å²) in [5, 5.41) is 0. The molecule has 0 saturated carbocycles. The van der Waals surface area contributed by atoms with Crippen molar-refractivity contribution in [1.29, 1.82) is 0 Å². The third kappa shape index (κ3) is 3.34. The highest BCUT2D eigenvalue weighted by molar-refractivity contribution is 6.18. The summed E-state index contributed by atoms with van der Waals surface area (Å²) >= 11 is 5.79. The van der Waals surface area contributed by atoms with E-state index in [-0.39, 0.29) is 17.7 Å². The minimum Gasteiger partial charge on any atom is -0.494 e. The normalized spacial score (nSPS) is 20.9. The molecule has 0 bridgehead atoms. The van der Waals surface area contributed by atoms with Gasteiger partial charge >= 0.3 is 0 Å². The zero-order chi connectivity index (χ0) is 13.0. The van der Waals surface area contributed by atoms with E-state index in [4.69, 9.17) is 21.1 Å². The number of alkyl halides is 1. The second kappa shape index (κ2) is 6.36. The number of rotatable bonds is 4. The van der Waals surface area contributed by atoms with Crippen molar-refractivity contribution in [2.75, 3.05) is 32.7 Å². The molecule has 3 nitrogen and oxygen atoms in total. The molecule has 1 saturated heterocycles. The summed E-state index contributed by atoms with van der Waals surface area (Å²) in [6, 6.07) is 5.06. The van der Waals surface area contributed by atoms with Crippen molar-refractivity contribution in [2.45, 2.75) is 12.6 Å². The van der Waals surface area contributed by atoms with Crippen LogP contribution in [0.25, 0.3) is 0 Å². The summed E-state index contributed by atoms with van der Waals surface area (Å²) in [4.78, 5) is 2.22.